The van der Waals surface area contributed by atoms with Crippen molar-refractivity contribution < 1.29 is 19.4 Å². The maximum atomic E-state index is 12.2. The van der Waals surface area contributed by atoms with Crippen molar-refractivity contribution in [2.24, 2.45) is 0 Å². The van der Waals surface area contributed by atoms with Gasteiger partial charge in [0.2, 0.25) is 0 Å². The fourth-order valence-corrected chi connectivity index (χ4v) is 2.40. The zero-order valence-corrected chi connectivity index (χ0v) is 12.8. The molecule has 0 saturated heterocycles. The van der Waals surface area contributed by atoms with Crippen molar-refractivity contribution in [2.75, 3.05) is 19.8 Å². The Kier molecular flexibility index (Phi) is 5.70. The lowest BCUT2D eigenvalue weighted by Crippen LogP contribution is -2.32. The molecule has 0 radical (unpaired) electrons. The lowest BCUT2D eigenvalue weighted by atomic mass is 10.1. The van der Waals surface area contributed by atoms with Crippen LogP contribution in [0.25, 0.3) is 0 Å². The maximum Gasteiger partial charge on any atom is 0.251 e. The molecule has 1 heterocycles. The Morgan fingerprint density at radius 1 is 1.43 bits per heavy atom. The minimum Gasteiger partial charge on any atom is -0.489 e. The molecule has 1 aliphatic rings. The van der Waals surface area contributed by atoms with Gasteiger partial charge in [-0.3, -0.25) is 4.79 Å². The summed E-state index contributed by atoms with van der Waals surface area (Å²) in [6, 6.07) is 3.23. The Morgan fingerprint density at radius 3 is 2.95 bits per heavy atom. The number of benzene rings is 1. The van der Waals surface area contributed by atoms with E-state index in [0.717, 1.165) is 12.8 Å². The highest BCUT2D eigenvalue weighted by Gasteiger charge is 2.19. The smallest absolute Gasteiger partial charge is 0.251 e. The lowest BCUT2D eigenvalue weighted by Gasteiger charge is -2.15. The molecule has 1 aliphatic heterocycles. The van der Waals surface area contributed by atoms with Crippen molar-refractivity contribution in [3.8, 4) is 11.5 Å². The highest BCUT2D eigenvalue weighted by Crippen LogP contribution is 2.37. The zero-order valence-electron chi connectivity index (χ0n) is 12.0. The Hall–Kier alpha value is -1.46. The molecule has 5 nitrogen and oxygen atoms in total. The van der Waals surface area contributed by atoms with Crippen LogP contribution in [0.1, 0.15) is 36.5 Å². The lowest BCUT2D eigenvalue weighted by molar-refractivity contribution is 0.0936. The van der Waals surface area contributed by atoms with Gasteiger partial charge >= 0.3 is 0 Å². The first-order valence-electron chi connectivity index (χ1n) is 7.12. The quantitative estimate of drug-likeness (QED) is 0.876. The van der Waals surface area contributed by atoms with Gasteiger partial charge in [0.15, 0.2) is 11.5 Å². The summed E-state index contributed by atoms with van der Waals surface area (Å²) < 4.78 is 11.1. The summed E-state index contributed by atoms with van der Waals surface area (Å²) in [5, 5.41) is 12.1. The number of rotatable bonds is 5. The van der Waals surface area contributed by atoms with Crippen LogP contribution >= 0.6 is 11.6 Å². The molecule has 2 rings (SSSR count). The van der Waals surface area contributed by atoms with Crippen LogP contribution in [-0.4, -0.2) is 36.9 Å². The van der Waals surface area contributed by atoms with E-state index >= 15 is 0 Å². The monoisotopic (exact) mass is 313 g/mol. The number of fused-ring (bicyclic) bond motifs is 1. The minimum absolute atomic E-state index is 0.0144. The SMILES string of the molecule is CC(CCCO)NC(=O)c1cc(Cl)c2c(c1)OCCCO2. The van der Waals surface area contributed by atoms with Crippen LogP contribution < -0.4 is 14.8 Å². The fourth-order valence-electron chi connectivity index (χ4n) is 2.14. The molecule has 1 amide bonds. The van der Waals surface area contributed by atoms with E-state index in [-0.39, 0.29) is 18.6 Å². The minimum atomic E-state index is -0.210. The van der Waals surface area contributed by atoms with Crippen LogP contribution in [0.3, 0.4) is 0 Å². The summed E-state index contributed by atoms with van der Waals surface area (Å²) in [6.45, 7) is 3.12. The van der Waals surface area contributed by atoms with Crippen LogP contribution in [-0.2, 0) is 0 Å². The van der Waals surface area contributed by atoms with Crippen molar-refractivity contribution in [1.29, 1.82) is 0 Å². The average Bonchev–Trinajstić information content (AvgIpc) is 2.70. The Labute approximate surface area is 129 Å². The van der Waals surface area contributed by atoms with Crippen LogP contribution in [0.2, 0.25) is 5.02 Å². The second kappa shape index (κ2) is 7.52. The predicted molar refractivity (Wildman–Crippen MR) is 80.3 cm³/mol. The third-order valence-electron chi connectivity index (χ3n) is 3.24. The number of ether oxygens (including phenoxy) is 2. The highest BCUT2D eigenvalue weighted by molar-refractivity contribution is 6.32. The molecular weight excluding hydrogens is 294 g/mol. The molecule has 0 aliphatic carbocycles. The number of aliphatic hydroxyl groups excluding tert-OH is 1. The first kappa shape index (κ1) is 15.9. The molecule has 1 aromatic carbocycles. The largest absolute Gasteiger partial charge is 0.489 e. The normalized spacial score (nSPS) is 15.2. The van der Waals surface area contributed by atoms with Crippen LogP contribution in [0.5, 0.6) is 11.5 Å². The van der Waals surface area contributed by atoms with E-state index in [1.807, 2.05) is 6.92 Å². The number of carbonyl (C=O) groups is 1. The first-order valence-corrected chi connectivity index (χ1v) is 7.50. The molecule has 1 aromatic rings. The van der Waals surface area contributed by atoms with Gasteiger partial charge in [-0.05, 0) is 31.9 Å². The molecule has 0 fully saturated rings. The summed E-state index contributed by atoms with van der Waals surface area (Å²) >= 11 is 6.17. The van der Waals surface area contributed by atoms with E-state index < -0.39 is 0 Å². The Morgan fingerprint density at radius 2 is 2.19 bits per heavy atom. The van der Waals surface area contributed by atoms with Crippen molar-refractivity contribution in [3.05, 3.63) is 22.7 Å². The molecule has 21 heavy (non-hydrogen) atoms. The summed E-state index contributed by atoms with van der Waals surface area (Å²) in [5.41, 5.74) is 0.445. The first-order chi connectivity index (χ1) is 10.1. The van der Waals surface area contributed by atoms with Gasteiger partial charge in [-0.2, -0.15) is 0 Å². The molecule has 1 unspecified atom stereocenters. The van der Waals surface area contributed by atoms with E-state index in [4.69, 9.17) is 26.2 Å². The van der Waals surface area contributed by atoms with Crippen molar-refractivity contribution in [3.63, 3.8) is 0 Å². The number of nitrogens with one attached hydrogen (secondary N) is 1. The van der Waals surface area contributed by atoms with Crippen molar-refractivity contribution in [1.82, 2.24) is 5.32 Å². The van der Waals surface area contributed by atoms with Crippen LogP contribution in [0.4, 0.5) is 0 Å². The van der Waals surface area contributed by atoms with Gasteiger partial charge in [0, 0.05) is 24.6 Å². The number of aliphatic hydroxyl groups is 1. The summed E-state index contributed by atoms with van der Waals surface area (Å²) in [7, 11) is 0. The van der Waals surface area contributed by atoms with Crippen LogP contribution in [0, 0.1) is 0 Å². The van der Waals surface area contributed by atoms with E-state index in [1.165, 1.54) is 0 Å². The average molecular weight is 314 g/mol. The molecule has 6 heteroatoms. The highest BCUT2D eigenvalue weighted by atomic mass is 35.5. The summed E-state index contributed by atoms with van der Waals surface area (Å²) in [5.74, 6) is 0.796. The van der Waals surface area contributed by atoms with Crippen molar-refractivity contribution in [2.45, 2.75) is 32.2 Å². The Balaban J connectivity index is 2.11. The standard InChI is InChI=1S/C15H20ClNO4/c1-10(4-2-5-18)17-15(19)11-8-12(16)14-13(9-11)20-6-3-7-21-14/h8-10,18H,2-7H2,1H3,(H,17,19). The molecule has 0 saturated carbocycles. The fraction of sp³-hybridized carbons (Fsp3) is 0.533. The second-order valence-electron chi connectivity index (χ2n) is 5.08. The van der Waals surface area contributed by atoms with Gasteiger partial charge in [0.1, 0.15) is 0 Å². The summed E-state index contributed by atoms with van der Waals surface area (Å²) in [4.78, 5) is 12.2. The molecular formula is C15H20ClNO4. The van der Waals surface area contributed by atoms with Gasteiger partial charge in [-0.15, -0.1) is 0 Å². The topological polar surface area (TPSA) is 67.8 Å². The van der Waals surface area contributed by atoms with Crippen molar-refractivity contribution >= 4 is 17.5 Å². The molecule has 116 valence electrons. The van der Waals surface area contributed by atoms with E-state index in [0.29, 0.717) is 41.7 Å². The number of halogens is 1. The van der Waals surface area contributed by atoms with Crippen LogP contribution in [0.15, 0.2) is 12.1 Å². The van der Waals surface area contributed by atoms with E-state index in [1.54, 1.807) is 12.1 Å². The molecule has 0 spiro atoms. The van der Waals surface area contributed by atoms with Gasteiger partial charge in [-0.1, -0.05) is 11.6 Å². The van der Waals surface area contributed by atoms with Gasteiger partial charge in [0.05, 0.1) is 18.2 Å². The number of amides is 1. The number of hydrogen-bond acceptors (Lipinski definition) is 4. The number of hydrogen-bond donors (Lipinski definition) is 2. The second-order valence-corrected chi connectivity index (χ2v) is 5.48. The molecule has 1 atom stereocenters. The molecule has 0 aromatic heterocycles. The van der Waals surface area contributed by atoms with Gasteiger partial charge < -0.3 is 19.9 Å². The molecule has 0 bridgehead atoms. The van der Waals surface area contributed by atoms with E-state index in [2.05, 4.69) is 5.32 Å². The van der Waals surface area contributed by atoms with Gasteiger partial charge in [-0.25, -0.2) is 0 Å². The summed E-state index contributed by atoms with van der Waals surface area (Å²) in [6.07, 6.45) is 2.16. The maximum absolute atomic E-state index is 12.2. The van der Waals surface area contributed by atoms with E-state index in [9.17, 15) is 4.79 Å². The third kappa shape index (κ3) is 4.25. The third-order valence-corrected chi connectivity index (χ3v) is 3.52. The van der Waals surface area contributed by atoms with Gasteiger partial charge in [0.25, 0.3) is 5.91 Å². The predicted octanol–water partition coefficient (Wildman–Crippen LogP) is 2.39. The Bertz CT molecular complexity index is 507. The number of carbonyl (C=O) groups excluding carboxylic acids is 1. The zero-order chi connectivity index (χ0) is 15.2. The molecule has 2 N–H and O–H groups in total.